The highest BCUT2D eigenvalue weighted by Crippen LogP contribution is 2.35. The lowest BCUT2D eigenvalue weighted by molar-refractivity contribution is 0.409. The summed E-state index contributed by atoms with van der Waals surface area (Å²) >= 11 is 5.75. The van der Waals surface area contributed by atoms with Crippen LogP contribution in [-0.2, 0) is 6.54 Å². The molecular weight excluding hydrogens is 210 g/mol. The van der Waals surface area contributed by atoms with Crippen molar-refractivity contribution >= 4 is 17.2 Å². The first-order chi connectivity index (χ1) is 7.38. The molecule has 2 aromatic rings. The van der Waals surface area contributed by atoms with E-state index in [4.69, 9.17) is 11.6 Å². The van der Waals surface area contributed by atoms with E-state index in [1.165, 1.54) is 25.0 Å². The van der Waals surface area contributed by atoms with Crippen molar-refractivity contribution < 1.29 is 0 Å². The number of imidazole rings is 1. The zero-order chi connectivity index (χ0) is 10.3. The first-order valence-corrected chi connectivity index (χ1v) is 6.02. The van der Waals surface area contributed by atoms with Crippen molar-refractivity contribution in [1.29, 1.82) is 0 Å². The van der Waals surface area contributed by atoms with Crippen LogP contribution in [0.4, 0.5) is 0 Å². The second kappa shape index (κ2) is 3.56. The molecule has 0 radical (unpaired) electrons. The quantitative estimate of drug-likeness (QED) is 0.734. The first-order valence-electron chi connectivity index (χ1n) is 5.49. The molecule has 3 nitrogen and oxygen atoms in total. The summed E-state index contributed by atoms with van der Waals surface area (Å²) in [7, 11) is 0. The Labute approximate surface area is 93.6 Å². The van der Waals surface area contributed by atoms with Gasteiger partial charge in [0.05, 0.1) is 5.69 Å². The van der Waals surface area contributed by atoms with Gasteiger partial charge in [-0.05, 0) is 12.8 Å². The maximum absolute atomic E-state index is 5.75. The average molecular weight is 224 g/mol. The Morgan fingerprint density at radius 1 is 1.40 bits per heavy atom. The number of nitrogens with zero attached hydrogens (tertiary/aromatic N) is 3. The summed E-state index contributed by atoms with van der Waals surface area (Å²) in [5, 5.41) is 4.59. The lowest BCUT2D eigenvalue weighted by atomic mass is 9.83. The molecule has 0 saturated heterocycles. The van der Waals surface area contributed by atoms with Crippen molar-refractivity contribution in [3.05, 3.63) is 24.2 Å². The highest BCUT2D eigenvalue weighted by Gasteiger charge is 2.22. The van der Waals surface area contributed by atoms with Crippen molar-refractivity contribution in [2.75, 3.05) is 5.88 Å². The van der Waals surface area contributed by atoms with E-state index in [-0.39, 0.29) is 0 Å². The van der Waals surface area contributed by atoms with E-state index in [2.05, 4.69) is 15.7 Å². The fourth-order valence-corrected chi connectivity index (χ4v) is 2.31. The summed E-state index contributed by atoms with van der Waals surface area (Å²) in [4.78, 5) is 0. The number of fused-ring (bicyclic) bond motifs is 1. The van der Waals surface area contributed by atoms with Gasteiger partial charge in [0.2, 0.25) is 0 Å². The van der Waals surface area contributed by atoms with Crippen LogP contribution in [0.1, 0.15) is 30.9 Å². The van der Waals surface area contributed by atoms with Crippen molar-refractivity contribution in [3.8, 4) is 0 Å². The van der Waals surface area contributed by atoms with Crippen molar-refractivity contribution in [2.45, 2.75) is 31.7 Å². The van der Waals surface area contributed by atoms with Gasteiger partial charge >= 0.3 is 0 Å². The Morgan fingerprint density at radius 2 is 2.27 bits per heavy atom. The van der Waals surface area contributed by atoms with E-state index in [9.17, 15) is 0 Å². The first kappa shape index (κ1) is 9.28. The van der Waals surface area contributed by atoms with Crippen LogP contribution >= 0.6 is 11.6 Å². The van der Waals surface area contributed by atoms with Gasteiger partial charge in [0, 0.05) is 36.8 Å². The van der Waals surface area contributed by atoms with E-state index < -0.39 is 0 Å². The van der Waals surface area contributed by atoms with Gasteiger partial charge in [-0.25, -0.2) is 4.52 Å². The van der Waals surface area contributed by atoms with Gasteiger partial charge in [0.15, 0.2) is 0 Å². The average Bonchev–Trinajstić information content (AvgIpc) is 2.65. The normalized spacial score (nSPS) is 17.1. The minimum atomic E-state index is 0.647. The van der Waals surface area contributed by atoms with Gasteiger partial charge in [0.1, 0.15) is 5.65 Å². The standard InChI is InChI=1S/C11H14ClN3/c12-4-5-14-6-7-15-11(14)8-10(13-15)9-2-1-3-9/h6-9H,1-5H2. The molecule has 2 heterocycles. The van der Waals surface area contributed by atoms with Crippen LogP contribution in [0, 0.1) is 0 Å². The van der Waals surface area contributed by atoms with Crippen LogP contribution in [0.3, 0.4) is 0 Å². The lowest BCUT2D eigenvalue weighted by Crippen LogP contribution is -2.09. The molecule has 1 aliphatic carbocycles. The summed E-state index contributed by atoms with van der Waals surface area (Å²) in [5.41, 5.74) is 2.41. The predicted molar refractivity (Wildman–Crippen MR) is 60.5 cm³/mol. The van der Waals surface area contributed by atoms with Crippen LogP contribution in [-0.4, -0.2) is 20.1 Å². The van der Waals surface area contributed by atoms with Crippen LogP contribution in [0.5, 0.6) is 0 Å². The van der Waals surface area contributed by atoms with E-state index in [1.54, 1.807) is 0 Å². The Balaban J connectivity index is 1.98. The Bertz CT molecular complexity index is 467. The molecule has 3 rings (SSSR count). The molecule has 4 heteroatoms. The smallest absolute Gasteiger partial charge is 0.136 e. The third kappa shape index (κ3) is 1.46. The van der Waals surface area contributed by atoms with Gasteiger partial charge in [-0.3, -0.25) is 0 Å². The predicted octanol–water partition coefficient (Wildman–Crippen LogP) is 2.64. The number of halogens is 1. The summed E-state index contributed by atoms with van der Waals surface area (Å²) in [6.07, 6.45) is 8.00. The van der Waals surface area contributed by atoms with Crippen molar-refractivity contribution in [3.63, 3.8) is 0 Å². The van der Waals surface area contributed by atoms with Gasteiger partial charge in [0.25, 0.3) is 0 Å². The Morgan fingerprint density at radius 3 is 2.93 bits per heavy atom. The molecule has 15 heavy (non-hydrogen) atoms. The number of aryl methyl sites for hydroxylation is 1. The summed E-state index contributed by atoms with van der Waals surface area (Å²) < 4.78 is 4.11. The van der Waals surface area contributed by atoms with Gasteiger partial charge in [-0.2, -0.15) is 5.10 Å². The molecule has 0 aromatic carbocycles. The molecule has 1 aliphatic rings. The van der Waals surface area contributed by atoms with Gasteiger partial charge in [-0.15, -0.1) is 11.6 Å². The number of hydrogen-bond acceptors (Lipinski definition) is 1. The molecule has 2 aromatic heterocycles. The summed E-state index contributed by atoms with van der Waals surface area (Å²) in [6, 6.07) is 2.20. The maximum Gasteiger partial charge on any atom is 0.136 e. The zero-order valence-electron chi connectivity index (χ0n) is 8.56. The monoisotopic (exact) mass is 223 g/mol. The summed E-state index contributed by atoms with van der Waals surface area (Å²) in [6.45, 7) is 0.855. The highest BCUT2D eigenvalue weighted by molar-refractivity contribution is 6.17. The molecule has 0 bridgehead atoms. The minimum absolute atomic E-state index is 0.647. The van der Waals surface area contributed by atoms with Crippen molar-refractivity contribution in [2.24, 2.45) is 0 Å². The lowest BCUT2D eigenvalue weighted by Gasteiger charge is -2.22. The topological polar surface area (TPSA) is 22.2 Å². The SMILES string of the molecule is ClCCn1ccn2nc(C3CCC3)cc12. The maximum atomic E-state index is 5.75. The molecule has 80 valence electrons. The Kier molecular flexibility index (Phi) is 2.20. The van der Waals surface area contributed by atoms with Crippen LogP contribution in [0.15, 0.2) is 18.5 Å². The highest BCUT2D eigenvalue weighted by atomic mass is 35.5. The Hall–Kier alpha value is -0.960. The number of alkyl halides is 1. The molecule has 0 amide bonds. The molecule has 0 aliphatic heterocycles. The fourth-order valence-electron chi connectivity index (χ4n) is 2.13. The largest absolute Gasteiger partial charge is 0.330 e. The number of hydrogen-bond donors (Lipinski definition) is 0. The van der Waals surface area contributed by atoms with Crippen LogP contribution in [0.25, 0.3) is 5.65 Å². The van der Waals surface area contributed by atoms with Crippen LogP contribution < -0.4 is 0 Å². The van der Waals surface area contributed by atoms with Crippen molar-refractivity contribution in [1.82, 2.24) is 14.2 Å². The molecular formula is C11H14ClN3. The third-order valence-electron chi connectivity index (χ3n) is 3.27. The molecule has 0 unspecified atom stereocenters. The molecule has 0 spiro atoms. The van der Waals surface area contributed by atoms with Crippen LogP contribution in [0.2, 0.25) is 0 Å². The number of aromatic nitrogens is 3. The second-order valence-electron chi connectivity index (χ2n) is 4.18. The molecule has 0 N–H and O–H groups in total. The molecule has 1 fully saturated rings. The second-order valence-corrected chi connectivity index (χ2v) is 4.56. The van der Waals surface area contributed by atoms with Gasteiger partial charge < -0.3 is 4.57 Å². The fraction of sp³-hybridized carbons (Fsp3) is 0.545. The van der Waals surface area contributed by atoms with E-state index in [0.717, 1.165) is 12.2 Å². The third-order valence-corrected chi connectivity index (χ3v) is 3.43. The molecule has 1 saturated carbocycles. The van der Waals surface area contributed by atoms with Gasteiger partial charge in [-0.1, -0.05) is 6.42 Å². The molecule has 0 atom stereocenters. The number of rotatable bonds is 3. The summed E-state index contributed by atoms with van der Waals surface area (Å²) in [5.74, 6) is 1.35. The van der Waals surface area contributed by atoms with E-state index in [1.807, 2.05) is 16.9 Å². The zero-order valence-corrected chi connectivity index (χ0v) is 9.32. The minimum Gasteiger partial charge on any atom is -0.330 e. The van der Waals surface area contributed by atoms with E-state index >= 15 is 0 Å². The van der Waals surface area contributed by atoms with E-state index in [0.29, 0.717) is 11.8 Å².